The molecule has 0 spiro atoms. The summed E-state index contributed by atoms with van der Waals surface area (Å²) in [6, 6.07) is 0. The zero-order chi connectivity index (χ0) is 10.8. The van der Waals surface area contributed by atoms with Gasteiger partial charge in [0.1, 0.15) is 0 Å². The molecule has 0 rings (SSSR count). The Bertz CT molecular complexity index is 151. The van der Waals surface area contributed by atoms with Gasteiger partial charge in [-0.25, -0.2) is 0 Å². The van der Waals surface area contributed by atoms with E-state index in [0.29, 0.717) is 26.1 Å². The van der Waals surface area contributed by atoms with Gasteiger partial charge in [-0.3, -0.25) is 4.79 Å². The molecule has 0 aromatic rings. The molecule has 0 aromatic carbocycles. The van der Waals surface area contributed by atoms with E-state index in [1.54, 1.807) is 14.0 Å². The van der Waals surface area contributed by atoms with Crippen LogP contribution in [0.15, 0.2) is 0 Å². The minimum atomic E-state index is -0.320. The number of rotatable bonds is 8. The molecule has 3 N–H and O–H groups in total. The standard InChI is InChI=1S/C9H20N2O3/c1-8(12)3-4-10-7-9(13)11-5-6-14-2/h8,10,12H,3-7H2,1-2H3,(H,11,13). The zero-order valence-electron chi connectivity index (χ0n) is 8.88. The minimum absolute atomic E-state index is 0.0485. The zero-order valence-corrected chi connectivity index (χ0v) is 8.88. The summed E-state index contributed by atoms with van der Waals surface area (Å²) in [5, 5.41) is 14.5. The topological polar surface area (TPSA) is 70.6 Å². The number of carbonyl (C=O) groups is 1. The van der Waals surface area contributed by atoms with Crippen molar-refractivity contribution < 1.29 is 14.6 Å². The second-order valence-corrected chi connectivity index (χ2v) is 3.16. The Labute approximate surface area is 84.8 Å². The number of aliphatic hydroxyl groups is 1. The van der Waals surface area contributed by atoms with Crippen LogP contribution in [0.1, 0.15) is 13.3 Å². The van der Waals surface area contributed by atoms with Crippen molar-refractivity contribution in [3.63, 3.8) is 0 Å². The van der Waals surface area contributed by atoms with E-state index in [1.807, 2.05) is 0 Å². The molecule has 0 aromatic heterocycles. The number of hydrogen-bond acceptors (Lipinski definition) is 4. The van der Waals surface area contributed by atoms with Gasteiger partial charge < -0.3 is 20.5 Å². The summed E-state index contributed by atoms with van der Waals surface area (Å²) >= 11 is 0. The molecule has 0 heterocycles. The van der Waals surface area contributed by atoms with Crippen molar-refractivity contribution in [3.05, 3.63) is 0 Å². The highest BCUT2D eigenvalue weighted by molar-refractivity contribution is 5.77. The largest absolute Gasteiger partial charge is 0.393 e. The summed E-state index contributed by atoms with van der Waals surface area (Å²) in [7, 11) is 1.59. The van der Waals surface area contributed by atoms with Gasteiger partial charge in [0.25, 0.3) is 0 Å². The number of nitrogens with one attached hydrogen (secondary N) is 2. The SMILES string of the molecule is COCCNC(=O)CNCCC(C)O. The molecule has 0 saturated carbocycles. The van der Waals surface area contributed by atoms with E-state index in [1.165, 1.54) is 0 Å². The molecule has 1 amide bonds. The molecular formula is C9H20N2O3. The third kappa shape index (κ3) is 9.44. The molecule has 84 valence electrons. The van der Waals surface area contributed by atoms with E-state index >= 15 is 0 Å². The van der Waals surface area contributed by atoms with Gasteiger partial charge in [0.15, 0.2) is 0 Å². The second-order valence-electron chi connectivity index (χ2n) is 3.16. The first-order valence-corrected chi connectivity index (χ1v) is 4.81. The van der Waals surface area contributed by atoms with Crippen LogP contribution in [0.25, 0.3) is 0 Å². The molecule has 0 radical (unpaired) electrons. The highest BCUT2D eigenvalue weighted by Gasteiger charge is 1.99. The van der Waals surface area contributed by atoms with Crippen molar-refractivity contribution in [2.45, 2.75) is 19.4 Å². The Morgan fingerprint density at radius 1 is 1.50 bits per heavy atom. The lowest BCUT2D eigenvalue weighted by molar-refractivity contribution is -0.120. The average molecular weight is 204 g/mol. The van der Waals surface area contributed by atoms with Gasteiger partial charge in [-0.2, -0.15) is 0 Å². The van der Waals surface area contributed by atoms with Crippen LogP contribution in [0.4, 0.5) is 0 Å². The summed E-state index contributed by atoms with van der Waals surface area (Å²) in [6.45, 7) is 3.72. The second kappa shape index (κ2) is 8.93. The smallest absolute Gasteiger partial charge is 0.234 e. The molecule has 0 aliphatic carbocycles. The number of ether oxygens (including phenoxy) is 1. The Hall–Kier alpha value is -0.650. The number of hydrogen-bond donors (Lipinski definition) is 3. The first-order chi connectivity index (χ1) is 6.66. The minimum Gasteiger partial charge on any atom is -0.393 e. The fourth-order valence-electron chi connectivity index (χ4n) is 0.868. The number of aliphatic hydroxyl groups excluding tert-OH is 1. The highest BCUT2D eigenvalue weighted by Crippen LogP contribution is 1.84. The molecule has 0 saturated heterocycles. The maximum absolute atomic E-state index is 11.1. The first kappa shape index (κ1) is 13.4. The van der Waals surface area contributed by atoms with Crippen LogP contribution in [-0.4, -0.2) is 50.5 Å². The van der Waals surface area contributed by atoms with Crippen LogP contribution in [0.2, 0.25) is 0 Å². The van der Waals surface area contributed by atoms with Crippen molar-refractivity contribution in [1.82, 2.24) is 10.6 Å². The van der Waals surface area contributed by atoms with Crippen molar-refractivity contribution in [2.24, 2.45) is 0 Å². The van der Waals surface area contributed by atoms with Crippen molar-refractivity contribution in [2.75, 3.05) is 33.4 Å². The van der Waals surface area contributed by atoms with E-state index in [-0.39, 0.29) is 18.6 Å². The summed E-state index contributed by atoms with van der Waals surface area (Å²) in [5.41, 5.74) is 0. The molecule has 1 atom stereocenters. The van der Waals surface area contributed by atoms with Gasteiger partial charge in [-0.15, -0.1) is 0 Å². The predicted molar refractivity (Wildman–Crippen MR) is 54.1 cm³/mol. The quantitative estimate of drug-likeness (QED) is 0.449. The molecule has 0 bridgehead atoms. The summed E-state index contributed by atoms with van der Waals surface area (Å²) in [4.78, 5) is 11.1. The maximum Gasteiger partial charge on any atom is 0.234 e. The summed E-state index contributed by atoms with van der Waals surface area (Å²) in [6.07, 6.45) is 0.338. The molecule has 0 aliphatic heterocycles. The molecular weight excluding hydrogens is 184 g/mol. The van der Waals surface area contributed by atoms with Gasteiger partial charge in [-0.1, -0.05) is 0 Å². The van der Waals surface area contributed by atoms with Gasteiger partial charge in [0.05, 0.1) is 19.3 Å². The number of methoxy groups -OCH3 is 1. The lowest BCUT2D eigenvalue weighted by atomic mass is 10.3. The van der Waals surface area contributed by atoms with Crippen LogP contribution in [0.5, 0.6) is 0 Å². The Morgan fingerprint density at radius 2 is 2.21 bits per heavy atom. The van der Waals surface area contributed by atoms with E-state index in [4.69, 9.17) is 9.84 Å². The first-order valence-electron chi connectivity index (χ1n) is 4.81. The lowest BCUT2D eigenvalue weighted by Gasteiger charge is -2.07. The molecule has 1 unspecified atom stereocenters. The van der Waals surface area contributed by atoms with E-state index in [9.17, 15) is 4.79 Å². The van der Waals surface area contributed by atoms with Crippen LogP contribution >= 0.6 is 0 Å². The molecule has 0 aliphatic rings. The summed E-state index contributed by atoms with van der Waals surface area (Å²) < 4.78 is 4.78. The van der Waals surface area contributed by atoms with Gasteiger partial charge >= 0.3 is 0 Å². The van der Waals surface area contributed by atoms with Crippen LogP contribution in [0, 0.1) is 0 Å². The van der Waals surface area contributed by atoms with Gasteiger partial charge in [0.2, 0.25) is 5.91 Å². The fraction of sp³-hybridized carbons (Fsp3) is 0.889. The lowest BCUT2D eigenvalue weighted by Crippen LogP contribution is -2.36. The van der Waals surface area contributed by atoms with Crippen molar-refractivity contribution >= 4 is 5.91 Å². The molecule has 5 heteroatoms. The number of carbonyl (C=O) groups excluding carboxylic acids is 1. The fourth-order valence-corrected chi connectivity index (χ4v) is 0.868. The highest BCUT2D eigenvalue weighted by atomic mass is 16.5. The van der Waals surface area contributed by atoms with Crippen molar-refractivity contribution in [1.29, 1.82) is 0 Å². The van der Waals surface area contributed by atoms with E-state index in [0.717, 1.165) is 0 Å². The Balaban J connectivity index is 3.18. The molecule has 0 fully saturated rings. The molecule has 14 heavy (non-hydrogen) atoms. The van der Waals surface area contributed by atoms with Gasteiger partial charge in [-0.05, 0) is 19.9 Å². The number of amides is 1. The Morgan fingerprint density at radius 3 is 2.79 bits per heavy atom. The monoisotopic (exact) mass is 204 g/mol. The third-order valence-corrected chi connectivity index (χ3v) is 1.65. The third-order valence-electron chi connectivity index (χ3n) is 1.65. The summed E-state index contributed by atoms with van der Waals surface area (Å²) in [5.74, 6) is -0.0485. The molecule has 5 nitrogen and oxygen atoms in total. The average Bonchev–Trinajstić information content (AvgIpc) is 2.13. The van der Waals surface area contributed by atoms with Crippen molar-refractivity contribution in [3.8, 4) is 0 Å². The normalized spacial score (nSPS) is 12.5. The Kier molecular flexibility index (Phi) is 8.51. The maximum atomic E-state index is 11.1. The van der Waals surface area contributed by atoms with Crippen LogP contribution in [-0.2, 0) is 9.53 Å². The van der Waals surface area contributed by atoms with Gasteiger partial charge in [0, 0.05) is 13.7 Å². The van der Waals surface area contributed by atoms with Crippen LogP contribution < -0.4 is 10.6 Å². The van der Waals surface area contributed by atoms with E-state index < -0.39 is 0 Å². The predicted octanol–water partition coefficient (Wildman–Crippen LogP) is -0.890. The van der Waals surface area contributed by atoms with E-state index in [2.05, 4.69) is 10.6 Å². The van der Waals surface area contributed by atoms with Crippen LogP contribution in [0.3, 0.4) is 0 Å².